The van der Waals surface area contributed by atoms with Gasteiger partial charge in [-0.1, -0.05) is 30.3 Å². The van der Waals surface area contributed by atoms with Crippen LogP contribution in [0.2, 0.25) is 0 Å². The number of rotatable bonds is 6. The lowest BCUT2D eigenvalue weighted by Crippen LogP contribution is -2.04. The molecule has 3 aromatic rings. The van der Waals surface area contributed by atoms with Crippen molar-refractivity contribution in [2.75, 3.05) is 5.43 Å². The molecule has 3 rings (SSSR count). The predicted octanol–water partition coefficient (Wildman–Crippen LogP) is 7.26. The summed E-state index contributed by atoms with van der Waals surface area (Å²) in [6.45, 7) is 0.432. The van der Waals surface area contributed by atoms with Crippen LogP contribution in [0.1, 0.15) is 16.7 Å². The second-order valence-corrected chi connectivity index (χ2v) is 7.74. The van der Waals surface area contributed by atoms with Crippen molar-refractivity contribution in [2.45, 2.75) is 12.8 Å². The standard InChI is InChI=1S/C21H15Br2F3N2O/c22-18-10-15(11-19(23)20(18)29-13-14-4-2-1-3-5-14)12-27-28-17-8-6-16(7-9-17)21(24,25)26/h1-12,28H,13H2/b27-12+. The molecule has 0 spiro atoms. The number of anilines is 1. The Labute approximate surface area is 182 Å². The molecule has 150 valence electrons. The summed E-state index contributed by atoms with van der Waals surface area (Å²) < 4.78 is 45.1. The van der Waals surface area contributed by atoms with Crippen LogP contribution < -0.4 is 10.2 Å². The van der Waals surface area contributed by atoms with Crippen molar-refractivity contribution in [1.82, 2.24) is 0 Å². The van der Waals surface area contributed by atoms with E-state index in [4.69, 9.17) is 4.74 Å². The zero-order chi connectivity index (χ0) is 20.9. The third kappa shape index (κ3) is 6.08. The Bertz CT molecular complexity index is 968. The van der Waals surface area contributed by atoms with Gasteiger partial charge in [0.2, 0.25) is 0 Å². The van der Waals surface area contributed by atoms with E-state index in [1.54, 1.807) is 6.21 Å². The van der Waals surface area contributed by atoms with Crippen LogP contribution in [0.5, 0.6) is 5.75 Å². The Hall–Kier alpha value is -2.32. The molecule has 0 atom stereocenters. The average molecular weight is 528 g/mol. The first kappa shape index (κ1) is 21.4. The molecular formula is C21H15Br2F3N2O. The minimum absolute atomic E-state index is 0.432. The fraction of sp³-hybridized carbons (Fsp3) is 0.0952. The van der Waals surface area contributed by atoms with E-state index in [2.05, 4.69) is 42.4 Å². The molecule has 0 saturated carbocycles. The van der Waals surface area contributed by atoms with Crippen molar-refractivity contribution in [2.24, 2.45) is 5.10 Å². The van der Waals surface area contributed by atoms with Crippen molar-refractivity contribution in [3.63, 3.8) is 0 Å². The Morgan fingerprint density at radius 3 is 2.14 bits per heavy atom. The third-order valence-electron chi connectivity index (χ3n) is 3.87. The number of benzene rings is 3. The van der Waals surface area contributed by atoms with Crippen LogP contribution in [0, 0.1) is 0 Å². The van der Waals surface area contributed by atoms with E-state index >= 15 is 0 Å². The zero-order valence-electron chi connectivity index (χ0n) is 14.9. The van der Waals surface area contributed by atoms with Crippen molar-refractivity contribution >= 4 is 43.8 Å². The van der Waals surface area contributed by atoms with Gasteiger partial charge in [0, 0.05) is 0 Å². The molecule has 1 N–H and O–H groups in total. The van der Waals surface area contributed by atoms with Gasteiger partial charge in [0.15, 0.2) is 0 Å². The predicted molar refractivity (Wildman–Crippen MR) is 115 cm³/mol. The third-order valence-corrected chi connectivity index (χ3v) is 5.04. The van der Waals surface area contributed by atoms with E-state index in [0.717, 1.165) is 32.2 Å². The zero-order valence-corrected chi connectivity index (χ0v) is 18.1. The largest absolute Gasteiger partial charge is 0.487 e. The summed E-state index contributed by atoms with van der Waals surface area (Å²) in [7, 11) is 0. The first-order chi connectivity index (χ1) is 13.8. The van der Waals surface area contributed by atoms with Gasteiger partial charge in [-0.05, 0) is 79.4 Å². The smallest absolute Gasteiger partial charge is 0.416 e. The van der Waals surface area contributed by atoms with Crippen LogP contribution in [0.25, 0.3) is 0 Å². The summed E-state index contributed by atoms with van der Waals surface area (Å²) >= 11 is 6.98. The lowest BCUT2D eigenvalue weighted by Gasteiger charge is -2.11. The number of nitrogens with zero attached hydrogens (tertiary/aromatic N) is 1. The second kappa shape index (κ2) is 9.45. The van der Waals surface area contributed by atoms with E-state index in [1.165, 1.54) is 12.1 Å². The fourth-order valence-electron chi connectivity index (χ4n) is 2.44. The van der Waals surface area contributed by atoms with Gasteiger partial charge in [0.25, 0.3) is 0 Å². The van der Waals surface area contributed by atoms with Crippen LogP contribution in [0.15, 0.2) is 80.8 Å². The minimum Gasteiger partial charge on any atom is -0.487 e. The molecule has 0 aromatic heterocycles. The summed E-state index contributed by atoms with van der Waals surface area (Å²) in [5, 5.41) is 4.07. The molecule has 3 aromatic carbocycles. The monoisotopic (exact) mass is 526 g/mol. The fourth-order valence-corrected chi connectivity index (χ4v) is 3.89. The first-order valence-corrected chi connectivity index (χ1v) is 10.0. The van der Waals surface area contributed by atoms with Crippen molar-refractivity contribution in [3.05, 3.63) is 92.4 Å². The van der Waals surface area contributed by atoms with E-state index in [9.17, 15) is 13.2 Å². The highest BCUT2D eigenvalue weighted by atomic mass is 79.9. The molecule has 0 unspecified atom stereocenters. The van der Waals surface area contributed by atoms with Crippen LogP contribution in [-0.2, 0) is 12.8 Å². The van der Waals surface area contributed by atoms with Crippen LogP contribution in [0.4, 0.5) is 18.9 Å². The highest BCUT2D eigenvalue weighted by Crippen LogP contribution is 2.35. The summed E-state index contributed by atoms with van der Waals surface area (Å²) in [6.07, 6.45) is -2.79. The van der Waals surface area contributed by atoms with Gasteiger partial charge in [-0.15, -0.1) is 0 Å². The average Bonchev–Trinajstić information content (AvgIpc) is 2.68. The summed E-state index contributed by atoms with van der Waals surface area (Å²) in [5.74, 6) is 0.668. The normalized spacial score (nSPS) is 11.6. The molecule has 29 heavy (non-hydrogen) atoms. The molecule has 8 heteroatoms. The molecule has 0 aliphatic carbocycles. The van der Waals surface area contributed by atoms with Crippen LogP contribution >= 0.6 is 31.9 Å². The number of hydrazone groups is 1. The number of nitrogens with one attached hydrogen (secondary N) is 1. The maximum atomic E-state index is 12.6. The topological polar surface area (TPSA) is 33.6 Å². The second-order valence-electron chi connectivity index (χ2n) is 6.03. The Kier molecular flexibility index (Phi) is 6.97. The molecule has 0 amide bonds. The van der Waals surface area contributed by atoms with Gasteiger partial charge in [0.1, 0.15) is 12.4 Å². The molecule has 0 aliphatic heterocycles. The molecule has 0 fully saturated rings. The molecule has 0 radical (unpaired) electrons. The molecule has 0 heterocycles. The lowest BCUT2D eigenvalue weighted by atomic mass is 10.2. The van der Waals surface area contributed by atoms with E-state index in [0.29, 0.717) is 18.0 Å². The van der Waals surface area contributed by atoms with E-state index in [-0.39, 0.29) is 0 Å². The van der Waals surface area contributed by atoms with Gasteiger partial charge in [0.05, 0.1) is 26.4 Å². The van der Waals surface area contributed by atoms with Gasteiger partial charge in [-0.2, -0.15) is 18.3 Å². The van der Waals surface area contributed by atoms with Crippen molar-refractivity contribution in [1.29, 1.82) is 0 Å². The molecule has 0 saturated heterocycles. The van der Waals surface area contributed by atoms with Crippen LogP contribution in [-0.4, -0.2) is 6.21 Å². The number of halogens is 5. The summed E-state index contributed by atoms with van der Waals surface area (Å²) in [4.78, 5) is 0. The highest BCUT2D eigenvalue weighted by molar-refractivity contribution is 9.11. The van der Waals surface area contributed by atoms with Crippen molar-refractivity contribution in [3.8, 4) is 5.75 Å². The minimum atomic E-state index is -4.36. The Morgan fingerprint density at radius 2 is 1.55 bits per heavy atom. The number of ether oxygens (including phenoxy) is 1. The molecule has 0 bridgehead atoms. The first-order valence-electron chi connectivity index (χ1n) is 8.45. The van der Waals surface area contributed by atoms with Gasteiger partial charge >= 0.3 is 6.18 Å². The lowest BCUT2D eigenvalue weighted by molar-refractivity contribution is -0.137. The quantitative estimate of drug-likeness (QED) is 0.270. The highest BCUT2D eigenvalue weighted by Gasteiger charge is 2.29. The maximum absolute atomic E-state index is 12.6. The Morgan fingerprint density at radius 1 is 0.931 bits per heavy atom. The van der Waals surface area contributed by atoms with Gasteiger partial charge in [-0.3, -0.25) is 5.43 Å². The molecule has 0 aliphatic rings. The summed E-state index contributed by atoms with van der Waals surface area (Å²) in [6, 6.07) is 18.1. The van der Waals surface area contributed by atoms with Gasteiger partial charge < -0.3 is 4.74 Å². The van der Waals surface area contributed by atoms with Crippen LogP contribution in [0.3, 0.4) is 0 Å². The van der Waals surface area contributed by atoms with E-state index in [1.807, 2.05) is 42.5 Å². The van der Waals surface area contributed by atoms with E-state index < -0.39 is 11.7 Å². The SMILES string of the molecule is FC(F)(F)c1ccc(N/N=C/c2cc(Br)c(OCc3ccccc3)c(Br)c2)cc1. The van der Waals surface area contributed by atoms with Gasteiger partial charge in [-0.25, -0.2) is 0 Å². The van der Waals surface area contributed by atoms with Crippen molar-refractivity contribution < 1.29 is 17.9 Å². The molecule has 3 nitrogen and oxygen atoms in total. The number of alkyl halides is 3. The maximum Gasteiger partial charge on any atom is 0.416 e. The number of hydrogen-bond donors (Lipinski definition) is 1. The summed E-state index contributed by atoms with van der Waals surface area (Å²) in [5.41, 5.74) is 4.29. The Balaban J connectivity index is 1.64. The molecular weight excluding hydrogens is 513 g/mol. The number of hydrogen-bond acceptors (Lipinski definition) is 3.